The van der Waals surface area contributed by atoms with E-state index in [0.717, 1.165) is 12.1 Å². The highest BCUT2D eigenvalue weighted by molar-refractivity contribution is 9.12. The molecule has 12 nitrogen and oxygen atoms in total. The minimum atomic E-state index is -0.965. The van der Waals surface area contributed by atoms with Crippen LogP contribution in [0, 0.1) is 43.9 Å². The van der Waals surface area contributed by atoms with E-state index in [1.807, 2.05) is 0 Å². The van der Waals surface area contributed by atoms with Gasteiger partial charge in [-0.2, -0.15) is 5.01 Å². The standard InChI is InChI=1S/C24H18Br2N4O8/c25-20-15-9-16(21(20)26)19-18(15)23(33)28(24(19)34)27(22(32)12-4-2-6-14(8-12)30(37)38)10-17(31)11-3-1-5-13(7-11)29(35)36/h1-8,15-16,18-21H,9-10H2/t15-,16-,18-,19+,20+,21+/m1/s1. The van der Waals surface area contributed by atoms with Crippen molar-refractivity contribution in [3.63, 3.8) is 0 Å². The molecule has 2 aromatic rings. The highest BCUT2D eigenvalue weighted by atomic mass is 79.9. The maximum Gasteiger partial charge on any atom is 0.273 e. The second-order valence-electron chi connectivity index (χ2n) is 9.39. The van der Waals surface area contributed by atoms with E-state index in [1.54, 1.807) is 0 Å². The molecule has 3 aliphatic rings. The van der Waals surface area contributed by atoms with Gasteiger partial charge in [-0.15, -0.1) is 0 Å². The molecule has 2 aromatic carbocycles. The van der Waals surface area contributed by atoms with Crippen molar-refractivity contribution in [2.24, 2.45) is 23.7 Å². The molecule has 3 fully saturated rings. The molecule has 14 heteroatoms. The predicted molar refractivity (Wildman–Crippen MR) is 137 cm³/mol. The Morgan fingerprint density at radius 1 is 0.868 bits per heavy atom. The third-order valence-electron chi connectivity index (χ3n) is 7.42. The molecule has 0 spiro atoms. The minimum Gasteiger partial charge on any atom is -0.292 e. The number of halogens is 2. The van der Waals surface area contributed by atoms with Gasteiger partial charge in [-0.3, -0.25) is 39.4 Å². The zero-order valence-electron chi connectivity index (χ0n) is 19.3. The van der Waals surface area contributed by atoms with Crippen LogP contribution in [-0.2, 0) is 9.59 Å². The zero-order valence-corrected chi connectivity index (χ0v) is 22.5. The van der Waals surface area contributed by atoms with Crippen LogP contribution in [0.3, 0.4) is 0 Å². The molecular weight excluding hydrogens is 632 g/mol. The van der Waals surface area contributed by atoms with Gasteiger partial charge in [0.1, 0.15) is 6.54 Å². The maximum atomic E-state index is 13.6. The van der Waals surface area contributed by atoms with E-state index in [4.69, 9.17) is 0 Å². The summed E-state index contributed by atoms with van der Waals surface area (Å²) in [4.78, 5) is 75.1. The Morgan fingerprint density at radius 3 is 1.84 bits per heavy atom. The van der Waals surface area contributed by atoms with Gasteiger partial charge in [0.05, 0.1) is 21.7 Å². The summed E-state index contributed by atoms with van der Waals surface area (Å²) in [6, 6.07) is 9.57. The van der Waals surface area contributed by atoms with E-state index >= 15 is 0 Å². The third-order valence-corrected chi connectivity index (χ3v) is 10.6. The number of fused-ring (bicyclic) bond motifs is 5. The van der Waals surface area contributed by atoms with Gasteiger partial charge in [-0.05, 0) is 24.3 Å². The number of hydrogen-bond acceptors (Lipinski definition) is 8. The van der Waals surface area contributed by atoms with Crippen LogP contribution in [0.15, 0.2) is 48.5 Å². The van der Waals surface area contributed by atoms with Gasteiger partial charge < -0.3 is 0 Å². The Bertz CT molecular complexity index is 1390. The molecule has 0 unspecified atom stereocenters. The molecule has 2 saturated carbocycles. The number of carbonyl (C=O) groups is 4. The van der Waals surface area contributed by atoms with Crippen LogP contribution in [0.4, 0.5) is 11.4 Å². The van der Waals surface area contributed by atoms with Gasteiger partial charge in [0, 0.05) is 45.0 Å². The molecular formula is C24H18Br2N4O8. The molecule has 38 heavy (non-hydrogen) atoms. The first kappa shape index (κ1) is 26.1. The number of nitro benzene ring substituents is 2. The molecule has 6 atom stereocenters. The molecule has 3 amide bonds. The number of alkyl halides is 2. The van der Waals surface area contributed by atoms with Gasteiger partial charge in [0.2, 0.25) is 0 Å². The number of nitro groups is 2. The van der Waals surface area contributed by atoms with Crippen molar-refractivity contribution in [2.75, 3.05) is 6.54 Å². The van der Waals surface area contributed by atoms with E-state index in [2.05, 4.69) is 31.9 Å². The molecule has 1 saturated heterocycles. The minimum absolute atomic E-state index is 0.0575. The zero-order chi connectivity index (χ0) is 27.5. The number of amides is 3. The van der Waals surface area contributed by atoms with Crippen LogP contribution in [0.2, 0.25) is 0 Å². The van der Waals surface area contributed by atoms with Crippen LogP contribution < -0.4 is 0 Å². The van der Waals surface area contributed by atoms with Gasteiger partial charge in [-0.25, -0.2) is 5.01 Å². The lowest BCUT2D eigenvalue weighted by Crippen LogP contribution is -2.52. The lowest BCUT2D eigenvalue weighted by atomic mass is 9.81. The SMILES string of the molecule is O=C(CN(C(=O)c1cccc([N+](=O)[O-])c1)N1C(=O)[C@@H]2[C@H]3C[C@@H]([C@H](Br)[C@H]3Br)[C@@H]2C1=O)c1cccc([N+](=O)[O-])c1. The van der Waals surface area contributed by atoms with E-state index < -0.39 is 51.7 Å². The molecule has 196 valence electrons. The van der Waals surface area contributed by atoms with Crippen LogP contribution in [0.5, 0.6) is 0 Å². The Hall–Kier alpha value is -3.52. The number of hydrogen-bond donors (Lipinski definition) is 0. The van der Waals surface area contributed by atoms with Crippen LogP contribution in [-0.4, -0.2) is 59.6 Å². The fourth-order valence-electron chi connectivity index (χ4n) is 5.73. The smallest absolute Gasteiger partial charge is 0.273 e. The second-order valence-corrected chi connectivity index (χ2v) is 11.5. The molecule has 0 aromatic heterocycles. The van der Waals surface area contributed by atoms with Gasteiger partial charge in [-0.1, -0.05) is 50.1 Å². The van der Waals surface area contributed by atoms with Gasteiger partial charge in [0.15, 0.2) is 5.78 Å². The first-order valence-corrected chi connectivity index (χ1v) is 13.3. The monoisotopic (exact) mass is 648 g/mol. The summed E-state index contributed by atoms with van der Waals surface area (Å²) in [6.07, 6.45) is 0.651. The molecule has 1 heterocycles. The second kappa shape index (κ2) is 9.66. The van der Waals surface area contributed by atoms with Crippen molar-refractivity contribution in [1.82, 2.24) is 10.0 Å². The van der Waals surface area contributed by atoms with Crippen molar-refractivity contribution < 1.29 is 29.0 Å². The lowest BCUT2D eigenvalue weighted by Gasteiger charge is -2.30. The first-order chi connectivity index (χ1) is 18.0. The lowest BCUT2D eigenvalue weighted by molar-refractivity contribution is -0.385. The number of carbonyl (C=O) groups excluding carboxylic acids is 4. The predicted octanol–water partition coefficient (Wildman–Crippen LogP) is 3.52. The summed E-state index contributed by atoms with van der Waals surface area (Å²) in [7, 11) is 0. The Morgan fingerprint density at radius 2 is 1.34 bits per heavy atom. The van der Waals surface area contributed by atoms with E-state index in [1.165, 1.54) is 36.4 Å². The molecule has 1 aliphatic heterocycles. The molecule has 0 N–H and O–H groups in total. The normalized spacial score (nSPS) is 27.4. The van der Waals surface area contributed by atoms with Crippen molar-refractivity contribution in [1.29, 1.82) is 0 Å². The average Bonchev–Trinajstić information content (AvgIpc) is 3.51. The number of hydrazine groups is 1. The largest absolute Gasteiger partial charge is 0.292 e. The fraction of sp³-hybridized carbons (Fsp3) is 0.333. The van der Waals surface area contributed by atoms with Crippen LogP contribution >= 0.6 is 31.9 Å². The molecule has 5 rings (SSSR count). The van der Waals surface area contributed by atoms with Crippen LogP contribution in [0.1, 0.15) is 27.1 Å². The quantitative estimate of drug-likeness (QED) is 0.145. The van der Waals surface area contributed by atoms with Crippen molar-refractivity contribution in [3.05, 3.63) is 79.9 Å². The highest BCUT2D eigenvalue weighted by Crippen LogP contribution is 2.60. The number of non-ortho nitro benzene ring substituents is 2. The molecule has 2 bridgehead atoms. The van der Waals surface area contributed by atoms with Gasteiger partial charge in [0.25, 0.3) is 29.1 Å². The number of Topliss-reactive ketones (excluding diaryl/α,β-unsaturated/α-hetero) is 1. The van der Waals surface area contributed by atoms with Crippen LogP contribution in [0.25, 0.3) is 0 Å². The molecule has 0 radical (unpaired) electrons. The van der Waals surface area contributed by atoms with E-state index in [9.17, 15) is 39.4 Å². The summed E-state index contributed by atoms with van der Waals surface area (Å²) in [5, 5.41) is 23.8. The summed E-state index contributed by atoms with van der Waals surface area (Å²) in [5.74, 6) is -4.64. The Balaban J connectivity index is 1.53. The summed E-state index contributed by atoms with van der Waals surface area (Å²) < 4.78 is 0. The average molecular weight is 650 g/mol. The van der Waals surface area contributed by atoms with E-state index in [0.29, 0.717) is 16.4 Å². The van der Waals surface area contributed by atoms with Crippen molar-refractivity contribution in [3.8, 4) is 0 Å². The van der Waals surface area contributed by atoms with Crippen molar-refractivity contribution in [2.45, 2.75) is 16.1 Å². The summed E-state index contributed by atoms with van der Waals surface area (Å²) >= 11 is 7.19. The maximum absolute atomic E-state index is 13.6. The number of rotatable bonds is 7. The Labute approximate surface area is 231 Å². The molecule has 2 aliphatic carbocycles. The summed E-state index contributed by atoms with van der Waals surface area (Å²) in [5.41, 5.74) is -1.04. The number of nitrogens with zero attached hydrogens (tertiary/aromatic N) is 4. The highest BCUT2D eigenvalue weighted by Gasteiger charge is 2.67. The number of benzene rings is 2. The number of ketones is 1. The van der Waals surface area contributed by atoms with E-state index in [-0.39, 0.29) is 44.0 Å². The van der Waals surface area contributed by atoms with Crippen molar-refractivity contribution >= 4 is 66.7 Å². The topological polar surface area (TPSA) is 161 Å². The van der Waals surface area contributed by atoms with Gasteiger partial charge >= 0.3 is 0 Å². The number of imide groups is 1. The first-order valence-electron chi connectivity index (χ1n) is 11.5. The third kappa shape index (κ3) is 4.11. The fourth-order valence-corrected chi connectivity index (χ4v) is 7.60. The summed E-state index contributed by atoms with van der Waals surface area (Å²) in [6.45, 7) is -0.787. The Kier molecular flexibility index (Phi) is 6.63.